The standard InChI is InChI=1S/C13H19N3O2/c1-2-3-4-5-6-9-14-12(17)8-7-11-10-15-13(18)16-11/h7-8,10H,2-6,9H2,1H3,(H,14,17). The van der Waals surface area contributed by atoms with Gasteiger partial charge in [-0.3, -0.25) is 4.79 Å². The molecule has 18 heavy (non-hydrogen) atoms. The first-order chi connectivity index (χ1) is 8.72. The first-order valence-corrected chi connectivity index (χ1v) is 6.35. The van der Waals surface area contributed by atoms with Crippen LogP contribution in [0.3, 0.4) is 0 Å². The zero-order chi connectivity index (χ0) is 13.2. The van der Waals surface area contributed by atoms with E-state index in [0.29, 0.717) is 12.3 Å². The van der Waals surface area contributed by atoms with Gasteiger partial charge >= 0.3 is 6.03 Å². The van der Waals surface area contributed by atoms with Crippen LogP contribution in [-0.2, 0) is 4.79 Å². The van der Waals surface area contributed by atoms with Crippen LogP contribution in [0.5, 0.6) is 0 Å². The molecule has 0 fully saturated rings. The van der Waals surface area contributed by atoms with E-state index in [1.165, 1.54) is 37.6 Å². The Balaban J connectivity index is 2.11. The third-order valence-corrected chi connectivity index (χ3v) is 2.52. The second-order valence-electron chi connectivity index (χ2n) is 4.12. The van der Waals surface area contributed by atoms with Crippen LogP contribution in [0.25, 0.3) is 0 Å². The van der Waals surface area contributed by atoms with Crippen LogP contribution in [0.2, 0.25) is 0 Å². The van der Waals surface area contributed by atoms with E-state index in [1.54, 1.807) is 0 Å². The Hall–Kier alpha value is -1.78. The number of allylic oxidation sites excluding steroid dienone is 1. The van der Waals surface area contributed by atoms with Gasteiger partial charge in [0.15, 0.2) is 0 Å². The van der Waals surface area contributed by atoms with Crippen molar-refractivity contribution in [2.24, 2.45) is 9.98 Å². The minimum Gasteiger partial charge on any atom is -0.353 e. The van der Waals surface area contributed by atoms with Crippen molar-refractivity contribution in [1.29, 1.82) is 0 Å². The maximum Gasteiger partial charge on any atom is 0.367 e. The normalized spacial score (nSPS) is 14.3. The molecule has 0 aromatic heterocycles. The second kappa shape index (κ2) is 8.33. The molecule has 0 aliphatic carbocycles. The van der Waals surface area contributed by atoms with Gasteiger partial charge in [-0.15, -0.1) is 0 Å². The first kappa shape index (κ1) is 14.3. The SMILES string of the molecule is CCCCCCCNC(=O)C=CC1=NC(=O)N=C1. The number of nitrogens with one attached hydrogen (secondary N) is 1. The summed E-state index contributed by atoms with van der Waals surface area (Å²) in [6.45, 7) is 2.86. The maximum absolute atomic E-state index is 11.4. The number of carbonyl (C=O) groups is 2. The monoisotopic (exact) mass is 249 g/mol. The van der Waals surface area contributed by atoms with Gasteiger partial charge in [0.2, 0.25) is 5.91 Å². The fraction of sp³-hybridized carbons (Fsp3) is 0.538. The lowest BCUT2D eigenvalue weighted by molar-refractivity contribution is -0.116. The molecule has 0 aromatic rings. The van der Waals surface area contributed by atoms with E-state index in [2.05, 4.69) is 22.2 Å². The average molecular weight is 249 g/mol. The van der Waals surface area contributed by atoms with Gasteiger partial charge in [0.25, 0.3) is 0 Å². The van der Waals surface area contributed by atoms with Crippen LogP contribution >= 0.6 is 0 Å². The molecule has 0 aromatic carbocycles. The number of hydrogen-bond donors (Lipinski definition) is 1. The third kappa shape index (κ3) is 6.08. The highest BCUT2D eigenvalue weighted by Crippen LogP contribution is 2.01. The highest BCUT2D eigenvalue weighted by molar-refractivity contribution is 6.42. The van der Waals surface area contributed by atoms with Gasteiger partial charge in [-0.25, -0.2) is 4.79 Å². The Kier molecular flexibility index (Phi) is 6.61. The topological polar surface area (TPSA) is 70.9 Å². The molecule has 1 aliphatic heterocycles. The average Bonchev–Trinajstić information content (AvgIpc) is 2.77. The number of unbranched alkanes of at least 4 members (excludes halogenated alkanes) is 4. The van der Waals surface area contributed by atoms with Gasteiger partial charge in [-0.05, 0) is 12.5 Å². The molecule has 0 saturated carbocycles. The lowest BCUT2D eigenvalue weighted by Gasteiger charge is -2.01. The Morgan fingerprint density at radius 1 is 1.33 bits per heavy atom. The van der Waals surface area contributed by atoms with E-state index in [4.69, 9.17) is 0 Å². The summed E-state index contributed by atoms with van der Waals surface area (Å²) in [5, 5.41) is 2.78. The number of urea groups is 1. The van der Waals surface area contributed by atoms with E-state index in [-0.39, 0.29) is 5.91 Å². The summed E-state index contributed by atoms with van der Waals surface area (Å²) in [5.41, 5.74) is 0.415. The van der Waals surface area contributed by atoms with Crippen LogP contribution in [0.1, 0.15) is 39.0 Å². The van der Waals surface area contributed by atoms with E-state index in [9.17, 15) is 9.59 Å². The minimum atomic E-state index is -0.522. The summed E-state index contributed by atoms with van der Waals surface area (Å²) in [5.74, 6) is -0.166. The van der Waals surface area contributed by atoms with Gasteiger partial charge in [0, 0.05) is 12.6 Å². The molecular formula is C13H19N3O2. The van der Waals surface area contributed by atoms with Crippen molar-refractivity contribution in [3.05, 3.63) is 12.2 Å². The number of rotatable bonds is 8. The van der Waals surface area contributed by atoms with Gasteiger partial charge < -0.3 is 5.32 Å². The van der Waals surface area contributed by atoms with Crippen molar-refractivity contribution in [3.8, 4) is 0 Å². The van der Waals surface area contributed by atoms with E-state index < -0.39 is 6.03 Å². The molecule has 0 bridgehead atoms. The molecule has 3 amide bonds. The Morgan fingerprint density at radius 3 is 2.78 bits per heavy atom. The van der Waals surface area contributed by atoms with Gasteiger partial charge in [-0.2, -0.15) is 9.98 Å². The van der Waals surface area contributed by atoms with Crippen molar-refractivity contribution in [3.63, 3.8) is 0 Å². The van der Waals surface area contributed by atoms with Crippen LogP contribution in [-0.4, -0.2) is 30.4 Å². The fourth-order valence-corrected chi connectivity index (χ4v) is 1.53. The molecule has 0 radical (unpaired) electrons. The predicted octanol–water partition coefficient (Wildman–Crippen LogP) is 2.27. The summed E-state index contributed by atoms with van der Waals surface area (Å²) >= 11 is 0. The Bertz CT molecular complexity index is 384. The van der Waals surface area contributed by atoms with E-state index >= 15 is 0 Å². The summed E-state index contributed by atoms with van der Waals surface area (Å²) in [4.78, 5) is 29.1. The lowest BCUT2D eigenvalue weighted by atomic mass is 10.1. The predicted molar refractivity (Wildman–Crippen MR) is 72.2 cm³/mol. The summed E-state index contributed by atoms with van der Waals surface area (Å²) in [6.07, 6.45) is 10.0. The number of carbonyl (C=O) groups excluding carboxylic acids is 2. The van der Waals surface area contributed by atoms with Gasteiger partial charge in [-0.1, -0.05) is 32.6 Å². The largest absolute Gasteiger partial charge is 0.367 e. The highest BCUT2D eigenvalue weighted by atomic mass is 16.2. The number of amides is 3. The Morgan fingerprint density at radius 2 is 2.11 bits per heavy atom. The highest BCUT2D eigenvalue weighted by Gasteiger charge is 2.04. The first-order valence-electron chi connectivity index (χ1n) is 6.35. The molecular weight excluding hydrogens is 230 g/mol. The van der Waals surface area contributed by atoms with Gasteiger partial charge in [0.05, 0.1) is 11.9 Å². The smallest absolute Gasteiger partial charge is 0.353 e. The van der Waals surface area contributed by atoms with E-state index in [0.717, 1.165) is 12.8 Å². The summed E-state index contributed by atoms with van der Waals surface area (Å²) in [6, 6.07) is -0.522. The van der Waals surface area contributed by atoms with Crippen LogP contribution in [0.4, 0.5) is 4.79 Å². The number of aliphatic imine (C=N–C) groups is 2. The fourth-order valence-electron chi connectivity index (χ4n) is 1.53. The van der Waals surface area contributed by atoms with Crippen molar-refractivity contribution in [2.45, 2.75) is 39.0 Å². The molecule has 0 spiro atoms. The summed E-state index contributed by atoms with van der Waals surface area (Å²) in [7, 11) is 0. The molecule has 1 rings (SSSR count). The maximum atomic E-state index is 11.4. The van der Waals surface area contributed by atoms with Crippen LogP contribution in [0, 0.1) is 0 Å². The molecule has 1 N–H and O–H groups in total. The minimum absolute atomic E-state index is 0.166. The Labute approximate surface area is 107 Å². The second-order valence-corrected chi connectivity index (χ2v) is 4.12. The van der Waals surface area contributed by atoms with Crippen molar-refractivity contribution in [2.75, 3.05) is 6.54 Å². The van der Waals surface area contributed by atoms with Gasteiger partial charge in [0.1, 0.15) is 0 Å². The molecule has 1 aliphatic rings. The molecule has 5 heteroatoms. The van der Waals surface area contributed by atoms with Crippen molar-refractivity contribution < 1.29 is 9.59 Å². The molecule has 98 valence electrons. The lowest BCUT2D eigenvalue weighted by Crippen LogP contribution is -2.22. The van der Waals surface area contributed by atoms with E-state index in [1.807, 2.05) is 0 Å². The van der Waals surface area contributed by atoms with Crippen LogP contribution in [0.15, 0.2) is 22.1 Å². The number of nitrogens with zero attached hydrogens (tertiary/aromatic N) is 2. The molecule has 0 atom stereocenters. The summed E-state index contributed by atoms with van der Waals surface area (Å²) < 4.78 is 0. The van der Waals surface area contributed by atoms with Crippen molar-refractivity contribution >= 4 is 23.9 Å². The van der Waals surface area contributed by atoms with Crippen molar-refractivity contribution in [1.82, 2.24) is 5.32 Å². The molecule has 1 heterocycles. The molecule has 5 nitrogen and oxygen atoms in total. The molecule has 0 saturated heterocycles. The third-order valence-electron chi connectivity index (χ3n) is 2.52. The van der Waals surface area contributed by atoms with Crippen LogP contribution < -0.4 is 5.32 Å². The number of hydrogen-bond acceptors (Lipinski definition) is 2. The molecule has 0 unspecified atom stereocenters. The zero-order valence-electron chi connectivity index (χ0n) is 10.7. The zero-order valence-corrected chi connectivity index (χ0v) is 10.7. The quantitative estimate of drug-likeness (QED) is 0.529.